The van der Waals surface area contributed by atoms with Gasteiger partial charge in [-0.1, -0.05) is 6.07 Å². The van der Waals surface area contributed by atoms with Crippen molar-refractivity contribution in [1.29, 1.82) is 0 Å². The lowest BCUT2D eigenvalue weighted by Gasteiger charge is -2.33. The fourth-order valence-electron chi connectivity index (χ4n) is 3.46. The number of rotatable bonds is 3. The average molecular weight is 336 g/mol. The largest absolute Gasteiger partial charge is 0.376 e. The van der Waals surface area contributed by atoms with Gasteiger partial charge in [0.05, 0.1) is 25.9 Å². The lowest BCUT2D eigenvalue weighted by molar-refractivity contribution is -0.0856. The van der Waals surface area contributed by atoms with Gasteiger partial charge in [-0.25, -0.2) is 9.18 Å². The monoisotopic (exact) mass is 336 g/mol. The quantitative estimate of drug-likeness (QED) is 0.922. The number of carbonyl (C=O) groups is 1. The first-order valence-corrected chi connectivity index (χ1v) is 8.61. The van der Waals surface area contributed by atoms with E-state index in [0.29, 0.717) is 32.3 Å². The Labute approximate surface area is 142 Å². The molecular weight excluding hydrogens is 311 g/mol. The van der Waals surface area contributed by atoms with Crippen LogP contribution < -0.4 is 5.32 Å². The van der Waals surface area contributed by atoms with Crippen molar-refractivity contribution in [3.05, 3.63) is 35.1 Å². The van der Waals surface area contributed by atoms with Gasteiger partial charge in [-0.05, 0) is 48.9 Å². The Morgan fingerprint density at radius 1 is 1.33 bits per heavy atom. The number of hydrogen-bond acceptors (Lipinski definition) is 3. The van der Waals surface area contributed by atoms with Crippen molar-refractivity contribution in [3.63, 3.8) is 0 Å². The molecule has 0 aromatic heterocycles. The summed E-state index contributed by atoms with van der Waals surface area (Å²) in [6.07, 6.45) is 1.76. The normalized spacial score (nSPS) is 22.4. The summed E-state index contributed by atoms with van der Waals surface area (Å²) in [5, 5.41) is 2.93. The molecule has 2 heterocycles. The number of nitrogens with one attached hydrogen (secondary N) is 1. The smallest absolute Gasteiger partial charge is 0.317 e. The van der Waals surface area contributed by atoms with E-state index in [2.05, 4.69) is 5.32 Å². The third-order valence-electron chi connectivity index (χ3n) is 4.82. The molecule has 1 aromatic carbocycles. The van der Waals surface area contributed by atoms with Crippen molar-refractivity contribution in [3.8, 4) is 0 Å². The highest BCUT2D eigenvalue weighted by molar-refractivity contribution is 5.74. The molecule has 3 rings (SSSR count). The molecule has 2 aliphatic heterocycles. The molecule has 0 aliphatic carbocycles. The van der Waals surface area contributed by atoms with E-state index >= 15 is 0 Å². The topological polar surface area (TPSA) is 50.8 Å². The second kappa shape index (κ2) is 7.94. The van der Waals surface area contributed by atoms with Gasteiger partial charge >= 0.3 is 6.03 Å². The Balaban J connectivity index is 1.46. The minimum absolute atomic E-state index is 0.0431. The zero-order valence-electron chi connectivity index (χ0n) is 14.1. The number of urea groups is 1. The highest BCUT2D eigenvalue weighted by Crippen LogP contribution is 2.30. The SMILES string of the molecule is Cc1cc(F)ccc1C1CCN(C(=O)NC[C@@H]2COCCO2)CC1. The van der Waals surface area contributed by atoms with Gasteiger partial charge in [0.2, 0.25) is 0 Å². The Hall–Kier alpha value is -1.66. The van der Waals surface area contributed by atoms with Crippen LogP contribution in [0.15, 0.2) is 18.2 Å². The van der Waals surface area contributed by atoms with Gasteiger partial charge in [0.25, 0.3) is 0 Å². The molecule has 0 saturated carbocycles. The summed E-state index contributed by atoms with van der Waals surface area (Å²) in [5.74, 6) is 0.201. The number of aryl methyl sites for hydroxylation is 1. The molecule has 2 fully saturated rings. The second-order valence-electron chi connectivity index (χ2n) is 6.52. The maximum absolute atomic E-state index is 13.2. The Morgan fingerprint density at radius 2 is 2.12 bits per heavy atom. The number of benzene rings is 1. The number of amides is 2. The lowest BCUT2D eigenvalue weighted by atomic mass is 9.87. The summed E-state index contributed by atoms with van der Waals surface area (Å²) >= 11 is 0. The first-order chi connectivity index (χ1) is 11.6. The molecule has 0 radical (unpaired) electrons. The van der Waals surface area contributed by atoms with Crippen LogP contribution in [-0.2, 0) is 9.47 Å². The third-order valence-corrected chi connectivity index (χ3v) is 4.82. The standard InChI is InChI=1S/C18H25FN2O3/c1-13-10-15(19)2-3-17(13)14-4-6-21(7-5-14)18(22)20-11-16-12-23-8-9-24-16/h2-3,10,14,16H,4-9,11-12H2,1H3,(H,20,22)/t16-/m1/s1. The Morgan fingerprint density at radius 3 is 2.79 bits per heavy atom. The van der Waals surface area contributed by atoms with Crippen molar-refractivity contribution in [2.75, 3.05) is 39.5 Å². The van der Waals surface area contributed by atoms with E-state index in [1.54, 1.807) is 6.07 Å². The van der Waals surface area contributed by atoms with Gasteiger partial charge in [-0.2, -0.15) is 0 Å². The van der Waals surface area contributed by atoms with Crippen molar-refractivity contribution in [1.82, 2.24) is 10.2 Å². The molecule has 5 nitrogen and oxygen atoms in total. The molecule has 6 heteroatoms. The zero-order chi connectivity index (χ0) is 16.9. The van der Waals surface area contributed by atoms with Crippen molar-refractivity contribution in [2.24, 2.45) is 0 Å². The molecule has 1 atom stereocenters. The summed E-state index contributed by atoms with van der Waals surface area (Å²) in [7, 11) is 0. The van der Waals surface area contributed by atoms with E-state index in [1.165, 1.54) is 11.6 Å². The molecule has 0 unspecified atom stereocenters. The van der Waals surface area contributed by atoms with Crippen LogP contribution in [0.1, 0.15) is 29.9 Å². The van der Waals surface area contributed by atoms with Crippen molar-refractivity contribution < 1.29 is 18.7 Å². The Kier molecular flexibility index (Phi) is 5.68. The fourth-order valence-corrected chi connectivity index (χ4v) is 3.46. The van der Waals surface area contributed by atoms with E-state index in [9.17, 15) is 9.18 Å². The van der Waals surface area contributed by atoms with E-state index in [1.807, 2.05) is 17.9 Å². The van der Waals surface area contributed by atoms with Crippen LogP contribution in [-0.4, -0.2) is 56.5 Å². The molecular formula is C18H25FN2O3. The van der Waals surface area contributed by atoms with Crippen LogP contribution in [0.2, 0.25) is 0 Å². The van der Waals surface area contributed by atoms with E-state index in [4.69, 9.17) is 9.47 Å². The van der Waals surface area contributed by atoms with Crippen LogP contribution in [0.4, 0.5) is 9.18 Å². The molecule has 1 N–H and O–H groups in total. The van der Waals surface area contributed by atoms with E-state index in [0.717, 1.165) is 31.5 Å². The van der Waals surface area contributed by atoms with Gasteiger partial charge in [0.15, 0.2) is 0 Å². The minimum atomic E-state index is -0.193. The van der Waals surface area contributed by atoms with Crippen LogP contribution in [0.3, 0.4) is 0 Å². The number of hydrogen-bond donors (Lipinski definition) is 1. The molecule has 1 aromatic rings. The molecule has 0 spiro atoms. The van der Waals surface area contributed by atoms with E-state index < -0.39 is 0 Å². The summed E-state index contributed by atoms with van der Waals surface area (Å²) < 4.78 is 24.1. The minimum Gasteiger partial charge on any atom is -0.376 e. The predicted molar refractivity (Wildman–Crippen MR) is 88.6 cm³/mol. The summed E-state index contributed by atoms with van der Waals surface area (Å²) in [6.45, 7) is 5.61. The summed E-state index contributed by atoms with van der Waals surface area (Å²) in [4.78, 5) is 14.1. The second-order valence-corrected chi connectivity index (χ2v) is 6.52. The fraction of sp³-hybridized carbons (Fsp3) is 0.611. The van der Waals surface area contributed by atoms with E-state index in [-0.39, 0.29) is 18.0 Å². The number of likely N-dealkylation sites (tertiary alicyclic amines) is 1. The Bertz CT molecular complexity index is 567. The highest BCUT2D eigenvalue weighted by Gasteiger charge is 2.25. The first-order valence-electron chi connectivity index (χ1n) is 8.61. The predicted octanol–water partition coefficient (Wildman–Crippen LogP) is 2.44. The first kappa shape index (κ1) is 17.2. The number of nitrogens with zero attached hydrogens (tertiary/aromatic N) is 1. The van der Waals surface area contributed by atoms with Crippen molar-refractivity contribution in [2.45, 2.75) is 31.8 Å². The maximum atomic E-state index is 13.2. The summed E-state index contributed by atoms with van der Waals surface area (Å²) in [5.41, 5.74) is 2.19. The highest BCUT2D eigenvalue weighted by atomic mass is 19.1. The van der Waals surface area contributed by atoms with Crippen LogP contribution in [0.25, 0.3) is 0 Å². The molecule has 24 heavy (non-hydrogen) atoms. The third kappa shape index (κ3) is 4.24. The van der Waals surface area contributed by atoms with Crippen LogP contribution >= 0.6 is 0 Å². The van der Waals surface area contributed by atoms with Gasteiger partial charge in [0.1, 0.15) is 5.82 Å². The van der Waals surface area contributed by atoms with Crippen LogP contribution in [0, 0.1) is 12.7 Å². The average Bonchev–Trinajstić information content (AvgIpc) is 2.61. The van der Waals surface area contributed by atoms with Gasteiger partial charge in [-0.15, -0.1) is 0 Å². The van der Waals surface area contributed by atoms with Crippen molar-refractivity contribution >= 4 is 6.03 Å². The number of carbonyl (C=O) groups excluding carboxylic acids is 1. The maximum Gasteiger partial charge on any atom is 0.317 e. The van der Waals surface area contributed by atoms with Gasteiger partial charge in [0, 0.05) is 19.6 Å². The molecule has 2 amide bonds. The summed E-state index contributed by atoms with van der Waals surface area (Å²) in [6, 6.07) is 4.94. The number of piperidine rings is 1. The number of halogens is 1. The van der Waals surface area contributed by atoms with Gasteiger partial charge < -0.3 is 19.7 Å². The molecule has 2 saturated heterocycles. The lowest BCUT2D eigenvalue weighted by Crippen LogP contribution is -2.47. The molecule has 2 aliphatic rings. The van der Waals surface area contributed by atoms with Crippen LogP contribution in [0.5, 0.6) is 0 Å². The number of ether oxygens (including phenoxy) is 2. The zero-order valence-corrected chi connectivity index (χ0v) is 14.1. The molecule has 0 bridgehead atoms. The molecule has 132 valence electrons. The van der Waals surface area contributed by atoms with Gasteiger partial charge in [-0.3, -0.25) is 0 Å².